The van der Waals surface area contributed by atoms with Gasteiger partial charge in [0.25, 0.3) is 0 Å². The topological polar surface area (TPSA) is 242 Å². The van der Waals surface area contributed by atoms with E-state index in [0.29, 0.717) is 156 Å². The fourth-order valence-corrected chi connectivity index (χ4v) is 12.1. The summed E-state index contributed by atoms with van der Waals surface area (Å²) in [7, 11) is 0. The number of unbranched alkanes of at least 4 members (excludes halogenated alkanes) is 1. The van der Waals surface area contributed by atoms with Crippen LogP contribution in [0.25, 0.3) is 0 Å². The van der Waals surface area contributed by atoms with Crippen LogP contribution in [0.15, 0.2) is 0 Å². The van der Waals surface area contributed by atoms with Crippen molar-refractivity contribution in [3.8, 4) is 0 Å². The van der Waals surface area contributed by atoms with Gasteiger partial charge in [0.05, 0.1) is 48.3 Å². The zero-order valence-electron chi connectivity index (χ0n) is 73.3. The third-order valence-electron chi connectivity index (χ3n) is 22.2. The molecular formula is C85H167N7O12. The molecule has 614 valence electrons. The molecule has 0 aromatic heterocycles. The minimum Gasteiger partial charge on any atom is -0.380 e. The third kappa shape index (κ3) is 43.7. The molecule has 0 rings (SSSR count). The molecule has 0 aromatic carbocycles. The highest BCUT2D eigenvalue weighted by molar-refractivity contribution is 5.83. The summed E-state index contributed by atoms with van der Waals surface area (Å²) in [6.45, 7) is 72.4. The van der Waals surface area contributed by atoms with Crippen LogP contribution in [0, 0.1) is 60.6 Å². The van der Waals surface area contributed by atoms with E-state index in [1.807, 2.05) is 111 Å². The Kier molecular flexibility index (Phi) is 43.5. The summed E-state index contributed by atoms with van der Waals surface area (Å²) in [4.78, 5) is 79.6. The Morgan fingerprint density at radius 3 is 1.04 bits per heavy atom. The normalized spacial score (nSPS) is 15.7. The monoisotopic (exact) mass is 1480 g/mol. The predicted molar refractivity (Wildman–Crippen MR) is 429 cm³/mol. The first kappa shape index (κ1) is 101. The van der Waals surface area contributed by atoms with Crippen molar-refractivity contribution >= 4 is 35.4 Å². The Morgan fingerprint density at radius 1 is 0.356 bits per heavy atom. The van der Waals surface area contributed by atoms with Gasteiger partial charge in [-0.05, 0) is 174 Å². The number of carbonyl (C=O) groups excluding carboxylic acids is 6. The molecule has 0 aliphatic carbocycles. The summed E-state index contributed by atoms with van der Waals surface area (Å²) in [5.74, 6) is 0.552. The largest absolute Gasteiger partial charge is 0.380 e. The Balaban J connectivity index is 4.83. The summed E-state index contributed by atoms with van der Waals surface area (Å²) in [6.07, 6.45) is 12.4. The SMILES string of the molecule is CCCCC(C)(C)CNC(=O)C(C)(C)CCOC(C)(C)CCNC(=O)C(C)(C)CCOC(C)(C)CCNC(=O)CC(C)C(C)OCC(C)(CC)CNCC(C)(CC)COCC(C)(CC)CC(=O)NCCC(C)(C)OCCC(C)(C)C(=O)NCCC(C)(C)OCCC(C)(C)C(=O)NCC(C)(C)CC(C)C. The van der Waals surface area contributed by atoms with Crippen LogP contribution < -0.4 is 37.2 Å². The molecule has 0 aliphatic heterocycles. The van der Waals surface area contributed by atoms with Crippen LogP contribution in [-0.4, -0.2) is 163 Å². The second-order valence-electron chi connectivity index (χ2n) is 39.5. The van der Waals surface area contributed by atoms with Gasteiger partial charge >= 0.3 is 0 Å². The van der Waals surface area contributed by atoms with Crippen molar-refractivity contribution in [1.29, 1.82) is 0 Å². The molecule has 0 radical (unpaired) electrons. The first-order valence-corrected chi connectivity index (χ1v) is 40.5. The summed E-state index contributed by atoms with van der Waals surface area (Å²) in [5.41, 5.74) is -4.87. The van der Waals surface area contributed by atoms with E-state index >= 15 is 0 Å². The van der Waals surface area contributed by atoms with Gasteiger partial charge in [-0.3, -0.25) is 28.8 Å². The van der Waals surface area contributed by atoms with E-state index in [-0.39, 0.29) is 74.5 Å². The molecule has 104 heavy (non-hydrogen) atoms. The molecule has 0 aromatic rings. The molecule has 0 fully saturated rings. The second kappa shape index (κ2) is 45.0. The number of amides is 6. The summed E-state index contributed by atoms with van der Waals surface area (Å²) in [5, 5.41) is 22.6. The highest BCUT2D eigenvalue weighted by atomic mass is 16.5. The van der Waals surface area contributed by atoms with Crippen LogP contribution in [-0.2, 0) is 57.2 Å². The molecule has 5 atom stereocenters. The van der Waals surface area contributed by atoms with Crippen LogP contribution in [0.1, 0.15) is 324 Å². The number of ether oxygens (including phenoxy) is 6. The lowest BCUT2D eigenvalue weighted by Gasteiger charge is -2.35. The van der Waals surface area contributed by atoms with Gasteiger partial charge in [0, 0.05) is 124 Å². The average Bonchev–Trinajstić information content (AvgIpc) is 0.878. The van der Waals surface area contributed by atoms with Crippen LogP contribution in [0.3, 0.4) is 0 Å². The lowest BCUT2D eigenvalue weighted by molar-refractivity contribution is -0.133. The van der Waals surface area contributed by atoms with Crippen LogP contribution in [0.2, 0.25) is 0 Å². The Bertz CT molecular complexity index is 2510. The first-order chi connectivity index (χ1) is 47.4. The van der Waals surface area contributed by atoms with Gasteiger partial charge in [0.1, 0.15) is 0 Å². The highest BCUT2D eigenvalue weighted by Gasteiger charge is 2.37. The van der Waals surface area contributed by atoms with Crippen molar-refractivity contribution < 1.29 is 57.2 Å². The molecule has 6 amide bonds. The number of carbonyl (C=O) groups is 6. The molecule has 0 aliphatic rings. The molecule has 5 unspecified atom stereocenters. The van der Waals surface area contributed by atoms with Gasteiger partial charge in [0.15, 0.2) is 0 Å². The van der Waals surface area contributed by atoms with Gasteiger partial charge in [-0.15, -0.1) is 0 Å². The minimum absolute atomic E-state index is 0.00833. The highest BCUT2D eigenvalue weighted by Crippen LogP contribution is 2.33. The Labute approximate surface area is 638 Å². The maximum absolute atomic E-state index is 13.4. The molecule has 0 saturated carbocycles. The van der Waals surface area contributed by atoms with E-state index in [1.165, 1.54) is 0 Å². The minimum atomic E-state index is -0.651. The summed E-state index contributed by atoms with van der Waals surface area (Å²) >= 11 is 0. The lowest BCUT2D eigenvalue weighted by Crippen LogP contribution is -2.43. The smallest absolute Gasteiger partial charge is 0.225 e. The van der Waals surface area contributed by atoms with E-state index < -0.39 is 44.1 Å². The number of rotatable bonds is 60. The van der Waals surface area contributed by atoms with E-state index in [0.717, 1.165) is 58.0 Å². The van der Waals surface area contributed by atoms with E-state index in [1.54, 1.807) is 0 Å². The van der Waals surface area contributed by atoms with Crippen LogP contribution >= 0.6 is 0 Å². The van der Waals surface area contributed by atoms with Crippen LogP contribution in [0.4, 0.5) is 0 Å². The van der Waals surface area contributed by atoms with Gasteiger partial charge in [-0.2, -0.15) is 0 Å². The van der Waals surface area contributed by atoms with Crippen molar-refractivity contribution in [3.05, 3.63) is 0 Å². The Morgan fingerprint density at radius 2 is 0.683 bits per heavy atom. The molecule has 19 heteroatoms. The molecule has 7 N–H and O–H groups in total. The maximum atomic E-state index is 13.4. The van der Waals surface area contributed by atoms with E-state index in [2.05, 4.69) is 141 Å². The maximum Gasteiger partial charge on any atom is 0.225 e. The molecule has 0 spiro atoms. The van der Waals surface area contributed by atoms with Crippen LogP contribution in [0.5, 0.6) is 0 Å². The van der Waals surface area contributed by atoms with E-state index in [4.69, 9.17) is 28.4 Å². The molecule has 0 saturated heterocycles. The van der Waals surface area contributed by atoms with Crippen molar-refractivity contribution in [1.82, 2.24) is 37.2 Å². The Hall–Kier alpha value is -3.46. The van der Waals surface area contributed by atoms with E-state index in [9.17, 15) is 28.8 Å². The summed E-state index contributed by atoms with van der Waals surface area (Å²) in [6, 6.07) is 0. The van der Waals surface area contributed by atoms with Gasteiger partial charge in [-0.25, -0.2) is 0 Å². The standard InChI is InChI=1S/C85H167N7O12/c1-32-36-37-73(9,10)57-91-71(97)77(17,18)44-52-103-81(25,26)40-48-89-69(95)75(13,14)42-50-101-79(21,22)38-46-87-67(93)54-65(7)66(8)100-63-85(31,35-4)60-86-59-84(30,34-3)62-99-61-83(29,33-2)56-68(94)88-47-39-80(23,24)102-51-43-76(15,16)70(96)90-49-41-82(27,28)104-53-45-78(19,20)72(98)92-58-74(11,12)55-64(5)6/h64-66,86H,32-63H2,1-31H3,(H,87,93)(H,88,94)(H,89,95)(H,90,96)(H,91,97)(H,92,98). The van der Waals surface area contributed by atoms with Gasteiger partial charge in [0.2, 0.25) is 35.4 Å². The van der Waals surface area contributed by atoms with Crippen molar-refractivity contribution in [2.24, 2.45) is 60.6 Å². The lowest BCUT2D eigenvalue weighted by atomic mass is 9.83. The van der Waals surface area contributed by atoms with Crippen molar-refractivity contribution in [2.75, 3.05) is 98.6 Å². The molecule has 0 heterocycles. The van der Waals surface area contributed by atoms with Crippen molar-refractivity contribution in [3.63, 3.8) is 0 Å². The zero-order chi connectivity index (χ0) is 80.5. The fraction of sp³-hybridized carbons (Fsp3) is 0.929. The molecular weight excluding hydrogens is 1310 g/mol. The predicted octanol–water partition coefficient (Wildman–Crippen LogP) is 16.1. The number of hydrogen-bond acceptors (Lipinski definition) is 13. The number of hydrogen-bond donors (Lipinski definition) is 7. The molecule has 0 bridgehead atoms. The zero-order valence-corrected chi connectivity index (χ0v) is 73.3. The average molecular weight is 1480 g/mol. The van der Waals surface area contributed by atoms with Gasteiger partial charge < -0.3 is 65.6 Å². The third-order valence-corrected chi connectivity index (χ3v) is 22.2. The molecule has 19 nitrogen and oxygen atoms in total. The fourth-order valence-electron chi connectivity index (χ4n) is 12.1. The second-order valence-corrected chi connectivity index (χ2v) is 39.5. The van der Waals surface area contributed by atoms with Crippen molar-refractivity contribution in [2.45, 2.75) is 352 Å². The number of nitrogens with one attached hydrogen (secondary N) is 7. The summed E-state index contributed by atoms with van der Waals surface area (Å²) < 4.78 is 38.1. The first-order valence-electron chi connectivity index (χ1n) is 40.5. The quantitative estimate of drug-likeness (QED) is 0.0300. The van der Waals surface area contributed by atoms with Gasteiger partial charge in [-0.1, -0.05) is 165 Å².